The van der Waals surface area contributed by atoms with Crippen LogP contribution in [0.15, 0.2) is 4.99 Å². The second-order valence-corrected chi connectivity index (χ2v) is 6.69. The van der Waals surface area contributed by atoms with Crippen LogP contribution < -0.4 is 10.6 Å². The van der Waals surface area contributed by atoms with Gasteiger partial charge in [0.15, 0.2) is 5.96 Å². The van der Waals surface area contributed by atoms with Gasteiger partial charge in [-0.25, -0.2) is 0 Å². The molecule has 2 N–H and O–H groups in total. The number of rotatable bonds is 6. The van der Waals surface area contributed by atoms with Gasteiger partial charge < -0.3 is 20.3 Å². The van der Waals surface area contributed by atoms with E-state index in [-0.39, 0.29) is 12.5 Å². The lowest BCUT2D eigenvalue weighted by Gasteiger charge is -2.36. The summed E-state index contributed by atoms with van der Waals surface area (Å²) in [5, 5.41) is 6.55. The number of ether oxygens (including phenoxy) is 1. The minimum atomic E-state index is -0.0417. The first-order valence-electron chi connectivity index (χ1n) is 7.41. The summed E-state index contributed by atoms with van der Waals surface area (Å²) in [6.07, 6.45) is 0. The Morgan fingerprint density at radius 3 is 2.86 bits per heavy atom. The van der Waals surface area contributed by atoms with E-state index >= 15 is 0 Å². The van der Waals surface area contributed by atoms with Crippen LogP contribution in [0.2, 0.25) is 0 Å². The molecule has 0 radical (unpaired) electrons. The number of carbonyl (C=O) groups excluding carboxylic acids is 1. The van der Waals surface area contributed by atoms with E-state index in [0.717, 1.165) is 24.8 Å². The molecule has 0 aromatic carbocycles. The lowest BCUT2D eigenvalue weighted by molar-refractivity contribution is -0.120. The summed E-state index contributed by atoms with van der Waals surface area (Å²) < 4.78 is 4.90. The van der Waals surface area contributed by atoms with Crippen LogP contribution in [0.25, 0.3) is 0 Å². The Hall–Kier alpha value is -0.950. The van der Waals surface area contributed by atoms with Gasteiger partial charge in [-0.1, -0.05) is 13.8 Å². The number of amides is 1. The van der Waals surface area contributed by atoms with Crippen LogP contribution in [-0.2, 0) is 9.53 Å². The third-order valence-corrected chi connectivity index (χ3v) is 4.92. The van der Waals surface area contributed by atoms with Gasteiger partial charge in [0.1, 0.15) is 0 Å². The molecule has 122 valence electrons. The highest BCUT2D eigenvalue weighted by Crippen LogP contribution is 2.24. The van der Waals surface area contributed by atoms with E-state index in [1.54, 1.807) is 14.2 Å². The van der Waals surface area contributed by atoms with Crippen molar-refractivity contribution in [2.75, 3.05) is 52.7 Å². The zero-order valence-corrected chi connectivity index (χ0v) is 14.3. The Bertz CT molecular complexity index is 350. The van der Waals surface area contributed by atoms with Crippen LogP contribution in [0.5, 0.6) is 0 Å². The van der Waals surface area contributed by atoms with Gasteiger partial charge >= 0.3 is 0 Å². The van der Waals surface area contributed by atoms with Gasteiger partial charge in [-0.2, -0.15) is 11.8 Å². The van der Waals surface area contributed by atoms with Crippen LogP contribution in [-0.4, -0.2) is 74.7 Å². The van der Waals surface area contributed by atoms with Crippen molar-refractivity contribution in [1.82, 2.24) is 15.5 Å². The third-order valence-electron chi connectivity index (χ3n) is 3.38. The summed E-state index contributed by atoms with van der Waals surface area (Å²) in [5.41, 5.74) is 0. The van der Waals surface area contributed by atoms with Crippen molar-refractivity contribution in [3.63, 3.8) is 0 Å². The fourth-order valence-corrected chi connectivity index (χ4v) is 3.42. The molecule has 0 spiro atoms. The number of guanidine groups is 1. The van der Waals surface area contributed by atoms with Gasteiger partial charge in [-0.3, -0.25) is 9.79 Å². The minimum absolute atomic E-state index is 0.0417. The van der Waals surface area contributed by atoms with E-state index in [4.69, 9.17) is 4.74 Å². The van der Waals surface area contributed by atoms with Crippen LogP contribution in [0.3, 0.4) is 0 Å². The van der Waals surface area contributed by atoms with Crippen molar-refractivity contribution in [3.05, 3.63) is 0 Å². The molecule has 21 heavy (non-hydrogen) atoms. The quantitative estimate of drug-likeness (QED) is 0.422. The molecule has 1 saturated heterocycles. The first kappa shape index (κ1) is 18.1. The first-order valence-corrected chi connectivity index (χ1v) is 8.46. The molecule has 0 aliphatic carbocycles. The molecule has 7 heteroatoms. The molecule has 1 heterocycles. The van der Waals surface area contributed by atoms with Crippen molar-refractivity contribution in [2.45, 2.75) is 19.1 Å². The third kappa shape index (κ3) is 6.56. The van der Waals surface area contributed by atoms with Crippen LogP contribution in [0, 0.1) is 5.92 Å². The van der Waals surface area contributed by atoms with Gasteiger partial charge in [0.2, 0.25) is 5.91 Å². The maximum atomic E-state index is 11.7. The van der Waals surface area contributed by atoms with Gasteiger partial charge in [-0.15, -0.1) is 0 Å². The summed E-state index contributed by atoms with van der Waals surface area (Å²) in [6, 6.07) is 0. The lowest BCUT2D eigenvalue weighted by atomic mass is 10.1. The molecule has 0 aromatic heterocycles. The Labute approximate surface area is 132 Å². The first-order chi connectivity index (χ1) is 10.1. The maximum absolute atomic E-state index is 11.7. The van der Waals surface area contributed by atoms with E-state index < -0.39 is 0 Å². The molecule has 1 aliphatic rings. The molecular formula is C14H28N4O2S. The molecule has 1 aliphatic heterocycles. The van der Waals surface area contributed by atoms with Crippen LogP contribution >= 0.6 is 11.8 Å². The highest BCUT2D eigenvalue weighted by molar-refractivity contribution is 8.00. The molecule has 1 fully saturated rings. The summed E-state index contributed by atoms with van der Waals surface area (Å²) in [5.74, 6) is 2.51. The van der Waals surface area contributed by atoms with Gasteiger partial charge in [0.25, 0.3) is 0 Å². The topological polar surface area (TPSA) is 66.0 Å². The van der Waals surface area contributed by atoms with E-state index in [2.05, 4.69) is 34.4 Å². The smallest absolute Gasteiger partial charge is 0.239 e. The highest BCUT2D eigenvalue weighted by atomic mass is 32.2. The SMILES string of the molecule is CN=C(NCC(=O)NCCOC)N1CCSC(C(C)C)C1. The summed E-state index contributed by atoms with van der Waals surface area (Å²) in [7, 11) is 3.38. The molecule has 1 rings (SSSR count). The zero-order chi connectivity index (χ0) is 15.7. The van der Waals surface area contributed by atoms with E-state index in [0.29, 0.717) is 24.3 Å². The number of hydrogen-bond donors (Lipinski definition) is 2. The van der Waals surface area contributed by atoms with Crippen molar-refractivity contribution in [2.24, 2.45) is 10.9 Å². The van der Waals surface area contributed by atoms with E-state index in [1.807, 2.05) is 11.8 Å². The van der Waals surface area contributed by atoms with Crippen molar-refractivity contribution in [3.8, 4) is 0 Å². The highest BCUT2D eigenvalue weighted by Gasteiger charge is 2.24. The van der Waals surface area contributed by atoms with Gasteiger partial charge in [-0.05, 0) is 5.92 Å². The van der Waals surface area contributed by atoms with Crippen molar-refractivity contribution in [1.29, 1.82) is 0 Å². The lowest BCUT2D eigenvalue weighted by Crippen LogP contribution is -2.51. The normalized spacial score (nSPS) is 19.8. The maximum Gasteiger partial charge on any atom is 0.239 e. The number of thioether (sulfide) groups is 1. The molecule has 1 unspecified atom stereocenters. The van der Waals surface area contributed by atoms with E-state index in [9.17, 15) is 4.79 Å². The minimum Gasteiger partial charge on any atom is -0.383 e. The predicted molar refractivity (Wildman–Crippen MR) is 88.9 cm³/mol. The predicted octanol–water partition coefficient (Wildman–Crippen LogP) is 0.398. The average Bonchev–Trinajstić information content (AvgIpc) is 2.48. The molecule has 0 bridgehead atoms. The standard InChI is InChI=1S/C14H28N4O2S/c1-11(2)12-10-18(6-8-21-12)14(15-3)17-9-13(19)16-5-7-20-4/h11-12H,5-10H2,1-4H3,(H,15,17)(H,16,19). The average molecular weight is 316 g/mol. The second kappa shape index (κ2) is 9.89. The summed E-state index contributed by atoms with van der Waals surface area (Å²) in [4.78, 5) is 18.2. The molecular weight excluding hydrogens is 288 g/mol. The molecule has 0 saturated carbocycles. The van der Waals surface area contributed by atoms with Crippen LogP contribution in [0.1, 0.15) is 13.8 Å². The van der Waals surface area contributed by atoms with Crippen LogP contribution in [0.4, 0.5) is 0 Å². The number of hydrogen-bond acceptors (Lipinski definition) is 4. The Balaban J connectivity index is 2.39. The zero-order valence-electron chi connectivity index (χ0n) is 13.5. The van der Waals surface area contributed by atoms with E-state index in [1.165, 1.54) is 0 Å². The monoisotopic (exact) mass is 316 g/mol. The number of nitrogens with zero attached hydrogens (tertiary/aromatic N) is 2. The largest absolute Gasteiger partial charge is 0.383 e. The summed E-state index contributed by atoms with van der Waals surface area (Å²) >= 11 is 2.02. The Morgan fingerprint density at radius 1 is 1.48 bits per heavy atom. The number of nitrogens with one attached hydrogen (secondary N) is 2. The van der Waals surface area contributed by atoms with Crippen molar-refractivity contribution < 1.29 is 9.53 Å². The Kier molecular flexibility index (Phi) is 8.52. The van der Waals surface area contributed by atoms with Crippen molar-refractivity contribution >= 4 is 23.6 Å². The number of aliphatic imine (C=N–C) groups is 1. The fourth-order valence-electron chi connectivity index (χ4n) is 2.12. The molecule has 0 aromatic rings. The Morgan fingerprint density at radius 2 is 2.24 bits per heavy atom. The summed E-state index contributed by atoms with van der Waals surface area (Å²) in [6.45, 7) is 7.75. The molecule has 1 amide bonds. The fraction of sp³-hybridized carbons (Fsp3) is 0.857. The van der Waals surface area contributed by atoms with Gasteiger partial charge in [0.05, 0.1) is 13.2 Å². The van der Waals surface area contributed by atoms with Gasteiger partial charge in [0, 0.05) is 44.8 Å². The second-order valence-electron chi connectivity index (χ2n) is 5.34. The number of carbonyl (C=O) groups is 1. The molecule has 6 nitrogen and oxygen atoms in total. The number of methoxy groups -OCH3 is 1. The molecule has 1 atom stereocenters.